The van der Waals surface area contributed by atoms with Crippen LogP contribution in [-0.2, 0) is 0 Å². The lowest BCUT2D eigenvalue weighted by molar-refractivity contribution is 0.266. The van der Waals surface area contributed by atoms with Crippen LogP contribution in [0.3, 0.4) is 0 Å². The molecule has 1 unspecified atom stereocenters. The highest BCUT2D eigenvalue weighted by Crippen LogP contribution is 2.17. The van der Waals surface area contributed by atoms with Crippen LogP contribution in [0.15, 0.2) is 23.2 Å². The van der Waals surface area contributed by atoms with Gasteiger partial charge in [-0.05, 0) is 38.1 Å². The van der Waals surface area contributed by atoms with Crippen molar-refractivity contribution in [1.82, 2.24) is 15.5 Å². The minimum absolute atomic E-state index is 0.0469. The van der Waals surface area contributed by atoms with Gasteiger partial charge in [0.15, 0.2) is 17.5 Å². The van der Waals surface area contributed by atoms with Crippen LogP contribution in [0.5, 0.6) is 5.75 Å². The molecular weight excluding hydrogens is 314 g/mol. The van der Waals surface area contributed by atoms with Gasteiger partial charge < -0.3 is 15.4 Å². The first-order chi connectivity index (χ1) is 11.6. The Morgan fingerprint density at radius 2 is 2.21 bits per heavy atom. The van der Waals surface area contributed by atoms with Gasteiger partial charge in [0.1, 0.15) is 12.4 Å². The zero-order valence-corrected chi connectivity index (χ0v) is 14.3. The predicted molar refractivity (Wildman–Crippen MR) is 91.5 cm³/mol. The number of nitrogens with zero attached hydrogens (tertiary/aromatic N) is 2. The summed E-state index contributed by atoms with van der Waals surface area (Å²) in [7, 11) is 1.71. The second-order valence-corrected chi connectivity index (χ2v) is 5.73. The van der Waals surface area contributed by atoms with Crippen LogP contribution in [0.2, 0.25) is 0 Å². The highest BCUT2D eigenvalue weighted by molar-refractivity contribution is 5.79. The summed E-state index contributed by atoms with van der Waals surface area (Å²) in [4.78, 5) is 6.63. The molecule has 0 spiro atoms. The molecule has 1 aromatic rings. The third kappa shape index (κ3) is 5.33. The Balaban J connectivity index is 1.68. The molecule has 0 bridgehead atoms. The molecule has 1 atom stereocenters. The number of likely N-dealkylation sites (tertiary alicyclic amines) is 1. The largest absolute Gasteiger partial charge is 0.489 e. The maximum absolute atomic E-state index is 13.4. The third-order valence-corrected chi connectivity index (χ3v) is 4.18. The Labute approximate surface area is 142 Å². The Morgan fingerprint density at radius 1 is 1.38 bits per heavy atom. The fourth-order valence-corrected chi connectivity index (χ4v) is 2.90. The maximum atomic E-state index is 13.4. The Kier molecular flexibility index (Phi) is 7.24. The second-order valence-electron chi connectivity index (χ2n) is 5.73. The molecule has 1 aliphatic heterocycles. The number of hydrogen-bond donors (Lipinski definition) is 2. The minimum atomic E-state index is -0.696. The summed E-state index contributed by atoms with van der Waals surface area (Å²) in [5.74, 6) is -0.569. The van der Waals surface area contributed by atoms with Crippen LogP contribution < -0.4 is 15.4 Å². The fraction of sp³-hybridized carbons (Fsp3) is 0.588. The van der Waals surface area contributed by atoms with Gasteiger partial charge in [-0.25, -0.2) is 8.78 Å². The molecule has 0 aromatic heterocycles. The topological polar surface area (TPSA) is 48.9 Å². The predicted octanol–water partition coefficient (Wildman–Crippen LogP) is 1.99. The van der Waals surface area contributed by atoms with Crippen molar-refractivity contribution in [3.8, 4) is 5.75 Å². The lowest BCUT2D eigenvalue weighted by Crippen LogP contribution is -2.45. The first kappa shape index (κ1) is 18.4. The summed E-state index contributed by atoms with van der Waals surface area (Å²) in [5.41, 5.74) is 0. The number of likely N-dealkylation sites (N-methyl/N-ethyl adjacent to an activating group) is 1. The summed E-state index contributed by atoms with van der Waals surface area (Å²) in [6, 6.07) is 3.81. The molecule has 1 aliphatic rings. The van der Waals surface area contributed by atoms with E-state index in [-0.39, 0.29) is 12.4 Å². The van der Waals surface area contributed by atoms with E-state index in [4.69, 9.17) is 4.74 Å². The van der Waals surface area contributed by atoms with Crippen molar-refractivity contribution < 1.29 is 13.5 Å². The van der Waals surface area contributed by atoms with Crippen LogP contribution >= 0.6 is 0 Å². The first-order valence-corrected chi connectivity index (χ1v) is 8.40. The molecule has 0 amide bonds. The number of hydrogen-bond acceptors (Lipinski definition) is 3. The minimum Gasteiger partial charge on any atom is -0.489 e. The van der Waals surface area contributed by atoms with Gasteiger partial charge in [0.2, 0.25) is 0 Å². The second kappa shape index (κ2) is 9.42. The molecule has 5 nitrogen and oxygen atoms in total. The molecular formula is C17H26F2N4O. The quantitative estimate of drug-likeness (QED) is 0.453. The highest BCUT2D eigenvalue weighted by Gasteiger charge is 2.22. The zero-order chi connectivity index (χ0) is 17.4. The number of rotatable bonds is 7. The van der Waals surface area contributed by atoms with Crippen LogP contribution in [0, 0.1) is 11.6 Å². The normalized spacial score (nSPS) is 18.7. The maximum Gasteiger partial charge on any atom is 0.191 e. The number of nitrogens with one attached hydrogen (secondary N) is 2. The molecule has 2 N–H and O–H groups in total. The lowest BCUT2D eigenvalue weighted by Gasteiger charge is -2.24. The van der Waals surface area contributed by atoms with E-state index < -0.39 is 11.6 Å². The van der Waals surface area contributed by atoms with Crippen molar-refractivity contribution in [3.63, 3.8) is 0 Å². The van der Waals surface area contributed by atoms with E-state index in [1.165, 1.54) is 25.0 Å². The average molecular weight is 340 g/mol. The molecule has 24 heavy (non-hydrogen) atoms. The fourth-order valence-electron chi connectivity index (χ4n) is 2.90. The molecule has 1 saturated heterocycles. The van der Waals surface area contributed by atoms with Gasteiger partial charge in [0.25, 0.3) is 0 Å². The van der Waals surface area contributed by atoms with Crippen LogP contribution in [0.4, 0.5) is 8.78 Å². The van der Waals surface area contributed by atoms with Gasteiger partial charge >= 0.3 is 0 Å². The van der Waals surface area contributed by atoms with E-state index in [0.29, 0.717) is 18.5 Å². The number of ether oxygens (including phenoxy) is 1. The lowest BCUT2D eigenvalue weighted by atomic mass is 10.2. The van der Waals surface area contributed by atoms with E-state index in [1.54, 1.807) is 7.05 Å². The van der Waals surface area contributed by atoms with Crippen molar-refractivity contribution in [2.45, 2.75) is 25.8 Å². The van der Waals surface area contributed by atoms with Crippen molar-refractivity contribution in [1.29, 1.82) is 0 Å². The molecule has 7 heteroatoms. The summed E-state index contributed by atoms with van der Waals surface area (Å²) in [6.07, 6.45) is 2.44. The standard InChI is InChI=1S/C17H26F2N4O/c1-3-23-9-4-5-14(23)12-22-17(20-2)21-8-10-24-16-7-6-13(18)11-15(16)19/h6-7,11,14H,3-5,8-10,12H2,1-2H3,(H2,20,21,22). The van der Waals surface area contributed by atoms with E-state index in [9.17, 15) is 8.78 Å². The molecule has 0 aliphatic carbocycles. The SMILES string of the molecule is CCN1CCCC1CNC(=NC)NCCOc1ccc(F)cc1F. The number of aliphatic imine (C=N–C) groups is 1. The summed E-state index contributed by atoms with van der Waals surface area (Å²) in [6.45, 7) is 5.98. The van der Waals surface area contributed by atoms with Gasteiger partial charge in [-0.1, -0.05) is 6.92 Å². The van der Waals surface area contributed by atoms with Gasteiger partial charge in [0.05, 0.1) is 6.54 Å². The van der Waals surface area contributed by atoms with Gasteiger partial charge in [-0.2, -0.15) is 0 Å². The van der Waals surface area contributed by atoms with E-state index in [2.05, 4.69) is 27.4 Å². The van der Waals surface area contributed by atoms with E-state index in [0.717, 1.165) is 25.7 Å². The molecule has 1 heterocycles. The first-order valence-electron chi connectivity index (χ1n) is 8.40. The van der Waals surface area contributed by atoms with Gasteiger partial charge in [-0.15, -0.1) is 0 Å². The van der Waals surface area contributed by atoms with Crippen molar-refractivity contribution in [2.24, 2.45) is 4.99 Å². The Bertz CT molecular complexity index is 553. The van der Waals surface area contributed by atoms with Gasteiger partial charge in [-0.3, -0.25) is 9.89 Å². The Hall–Kier alpha value is -1.89. The van der Waals surface area contributed by atoms with Crippen LogP contribution in [-0.4, -0.2) is 56.7 Å². The molecule has 2 rings (SSSR count). The monoisotopic (exact) mass is 340 g/mol. The molecule has 0 saturated carbocycles. The zero-order valence-electron chi connectivity index (χ0n) is 14.3. The highest BCUT2D eigenvalue weighted by atomic mass is 19.1. The smallest absolute Gasteiger partial charge is 0.191 e. The molecule has 1 fully saturated rings. The summed E-state index contributed by atoms with van der Waals surface area (Å²) >= 11 is 0. The molecule has 1 aromatic carbocycles. The third-order valence-electron chi connectivity index (χ3n) is 4.18. The van der Waals surface area contributed by atoms with Crippen molar-refractivity contribution in [2.75, 3.05) is 39.8 Å². The average Bonchev–Trinajstić information content (AvgIpc) is 3.03. The molecule has 134 valence electrons. The summed E-state index contributed by atoms with van der Waals surface area (Å²) in [5, 5.41) is 6.44. The number of halogens is 2. The van der Waals surface area contributed by atoms with E-state index >= 15 is 0 Å². The van der Waals surface area contributed by atoms with Gasteiger partial charge in [0, 0.05) is 25.7 Å². The van der Waals surface area contributed by atoms with Crippen molar-refractivity contribution >= 4 is 5.96 Å². The number of guanidine groups is 1. The van der Waals surface area contributed by atoms with Crippen LogP contribution in [0.25, 0.3) is 0 Å². The van der Waals surface area contributed by atoms with Crippen LogP contribution in [0.1, 0.15) is 19.8 Å². The summed E-state index contributed by atoms with van der Waals surface area (Å²) < 4.78 is 31.6. The molecule has 0 radical (unpaired) electrons. The van der Waals surface area contributed by atoms with Crippen molar-refractivity contribution in [3.05, 3.63) is 29.8 Å². The number of benzene rings is 1. The van der Waals surface area contributed by atoms with E-state index in [1.807, 2.05) is 0 Å². The Morgan fingerprint density at radius 3 is 2.92 bits per heavy atom.